The van der Waals surface area contributed by atoms with Crippen molar-refractivity contribution in [2.24, 2.45) is 0 Å². The van der Waals surface area contributed by atoms with Gasteiger partial charge >= 0.3 is 0 Å². The van der Waals surface area contributed by atoms with Gasteiger partial charge in [0.1, 0.15) is 4.60 Å². The Morgan fingerprint density at radius 1 is 1.21 bits per heavy atom. The van der Waals surface area contributed by atoms with Gasteiger partial charge in [-0.05, 0) is 40.2 Å². The molecule has 1 unspecified atom stereocenters. The van der Waals surface area contributed by atoms with Crippen LogP contribution in [0.3, 0.4) is 0 Å². The van der Waals surface area contributed by atoms with E-state index in [4.69, 9.17) is 4.74 Å². The Kier molecular flexibility index (Phi) is 2.69. The van der Waals surface area contributed by atoms with Crippen LogP contribution in [0.2, 0.25) is 0 Å². The minimum atomic E-state index is 0.353. The van der Waals surface area contributed by atoms with E-state index in [2.05, 4.69) is 65.7 Å². The van der Waals surface area contributed by atoms with Gasteiger partial charge in [0, 0.05) is 20.8 Å². The van der Waals surface area contributed by atoms with Gasteiger partial charge in [0.2, 0.25) is 0 Å². The van der Waals surface area contributed by atoms with Crippen LogP contribution in [0.25, 0.3) is 21.8 Å². The SMILES string of the molecule is Brc1ccc2c(c1)c1cc(Br)ncc1n2CC1CO1. The van der Waals surface area contributed by atoms with Crippen LogP contribution in [0.15, 0.2) is 39.5 Å². The molecule has 2 aromatic heterocycles. The average Bonchev–Trinajstić information content (AvgIpc) is 3.16. The van der Waals surface area contributed by atoms with Crippen LogP contribution in [-0.4, -0.2) is 22.3 Å². The highest BCUT2D eigenvalue weighted by atomic mass is 79.9. The molecule has 0 spiro atoms. The molecular formula is C14H10Br2N2O. The van der Waals surface area contributed by atoms with E-state index in [1.165, 1.54) is 16.3 Å². The number of hydrogen-bond donors (Lipinski definition) is 0. The lowest BCUT2D eigenvalue weighted by Gasteiger charge is -2.04. The van der Waals surface area contributed by atoms with Crippen LogP contribution < -0.4 is 0 Å². The Hall–Kier alpha value is -0.910. The van der Waals surface area contributed by atoms with E-state index < -0.39 is 0 Å². The third kappa shape index (κ3) is 2.00. The number of rotatable bonds is 2. The summed E-state index contributed by atoms with van der Waals surface area (Å²) in [6.45, 7) is 1.76. The van der Waals surface area contributed by atoms with E-state index in [-0.39, 0.29) is 0 Å². The average molecular weight is 382 g/mol. The molecule has 0 N–H and O–H groups in total. The minimum Gasteiger partial charge on any atom is -0.371 e. The van der Waals surface area contributed by atoms with Gasteiger partial charge in [0.05, 0.1) is 31.0 Å². The summed E-state index contributed by atoms with van der Waals surface area (Å²) in [5.74, 6) is 0. The molecule has 19 heavy (non-hydrogen) atoms. The van der Waals surface area contributed by atoms with Crippen molar-refractivity contribution in [2.75, 3.05) is 6.61 Å². The van der Waals surface area contributed by atoms with Crippen molar-refractivity contribution in [3.05, 3.63) is 39.5 Å². The molecule has 5 heteroatoms. The second-order valence-corrected chi connectivity index (χ2v) is 6.48. The standard InChI is InChI=1S/C14H10Br2N2O/c15-8-1-2-12-10(3-8)11-4-14(16)17-5-13(11)18(12)6-9-7-19-9/h1-5,9H,6-7H2. The van der Waals surface area contributed by atoms with Crippen molar-refractivity contribution < 1.29 is 4.74 Å². The lowest BCUT2D eigenvalue weighted by molar-refractivity contribution is 0.387. The van der Waals surface area contributed by atoms with Crippen LogP contribution in [0.5, 0.6) is 0 Å². The second kappa shape index (κ2) is 4.30. The summed E-state index contributed by atoms with van der Waals surface area (Å²) in [4.78, 5) is 4.36. The van der Waals surface area contributed by atoms with Gasteiger partial charge in [-0.15, -0.1) is 0 Å². The molecule has 0 amide bonds. The highest BCUT2D eigenvalue weighted by Gasteiger charge is 2.25. The van der Waals surface area contributed by atoms with Crippen molar-refractivity contribution in [1.29, 1.82) is 0 Å². The third-order valence-electron chi connectivity index (χ3n) is 3.47. The quantitative estimate of drug-likeness (QED) is 0.493. The number of benzene rings is 1. The first-order chi connectivity index (χ1) is 9.22. The van der Waals surface area contributed by atoms with E-state index in [1.54, 1.807) is 0 Å². The van der Waals surface area contributed by atoms with Crippen molar-refractivity contribution >= 4 is 53.7 Å². The predicted molar refractivity (Wildman–Crippen MR) is 82.4 cm³/mol. The van der Waals surface area contributed by atoms with Crippen molar-refractivity contribution in [1.82, 2.24) is 9.55 Å². The molecule has 4 rings (SSSR count). The van der Waals surface area contributed by atoms with E-state index >= 15 is 0 Å². The normalized spacial score (nSPS) is 18.3. The van der Waals surface area contributed by atoms with Crippen molar-refractivity contribution in [2.45, 2.75) is 12.6 Å². The Bertz CT molecular complexity index is 734. The van der Waals surface area contributed by atoms with E-state index in [0.29, 0.717) is 6.10 Å². The molecule has 3 heterocycles. The molecule has 3 aromatic rings. The fourth-order valence-electron chi connectivity index (χ4n) is 2.52. The molecule has 0 aliphatic carbocycles. The smallest absolute Gasteiger partial charge is 0.106 e. The van der Waals surface area contributed by atoms with Crippen LogP contribution >= 0.6 is 31.9 Å². The molecule has 3 nitrogen and oxygen atoms in total. The summed E-state index contributed by atoms with van der Waals surface area (Å²) in [6.07, 6.45) is 2.28. The Balaban J connectivity index is 2.09. The topological polar surface area (TPSA) is 30.4 Å². The van der Waals surface area contributed by atoms with E-state index in [9.17, 15) is 0 Å². The fraction of sp³-hybridized carbons (Fsp3) is 0.214. The zero-order valence-corrected chi connectivity index (χ0v) is 13.1. The Morgan fingerprint density at radius 2 is 2.00 bits per heavy atom. The van der Waals surface area contributed by atoms with Crippen molar-refractivity contribution in [3.63, 3.8) is 0 Å². The monoisotopic (exact) mass is 380 g/mol. The van der Waals surface area contributed by atoms with Crippen LogP contribution in [-0.2, 0) is 11.3 Å². The van der Waals surface area contributed by atoms with Gasteiger partial charge < -0.3 is 9.30 Å². The molecule has 1 atom stereocenters. The molecule has 1 aromatic carbocycles. The molecule has 1 aliphatic rings. The predicted octanol–water partition coefficient (Wildman–Crippen LogP) is 4.11. The van der Waals surface area contributed by atoms with Gasteiger partial charge in [0.15, 0.2) is 0 Å². The van der Waals surface area contributed by atoms with Gasteiger partial charge in [-0.1, -0.05) is 15.9 Å². The Labute approximate surface area is 126 Å². The molecule has 0 saturated carbocycles. The summed E-state index contributed by atoms with van der Waals surface area (Å²) < 4.78 is 9.62. The second-order valence-electron chi connectivity index (χ2n) is 4.75. The summed E-state index contributed by atoms with van der Waals surface area (Å²) in [6, 6.07) is 8.46. The molecule has 1 saturated heterocycles. The summed E-state index contributed by atoms with van der Waals surface area (Å²) in [5.41, 5.74) is 2.39. The zero-order valence-electron chi connectivity index (χ0n) is 9.94. The molecule has 1 fully saturated rings. The Morgan fingerprint density at radius 3 is 2.79 bits per heavy atom. The van der Waals surface area contributed by atoms with E-state index in [0.717, 1.165) is 27.7 Å². The number of epoxide rings is 1. The molecule has 0 radical (unpaired) electrons. The maximum atomic E-state index is 5.37. The van der Waals surface area contributed by atoms with Gasteiger partial charge in [-0.25, -0.2) is 4.98 Å². The number of pyridine rings is 1. The van der Waals surface area contributed by atoms with Gasteiger partial charge in [0.25, 0.3) is 0 Å². The fourth-order valence-corrected chi connectivity index (χ4v) is 3.21. The van der Waals surface area contributed by atoms with E-state index in [1.807, 2.05) is 6.20 Å². The highest BCUT2D eigenvalue weighted by molar-refractivity contribution is 9.10. The number of nitrogens with zero attached hydrogens (tertiary/aromatic N) is 2. The molecular weight excluding hydrogens is 372 g/mol. The molecule has 1 aliphatic heterocycles. The third-order valence-corrected chi connectivity index (χ3v) is 4.40. The number of fused-ring (bicyclic) bond motifs is 3. The van der Waals surface area contributed by atoms with Crippen LogP contribution in [0.1, 0.15) is 0 Å². The molecule has 96 valence electrons. The maximum absolute atomic E-state index is 5.37. The van der Waals surface area contributed by atoms with Crippen molar-refractivity contribution in [3.8, 4) is 0 Å². The van der Waals surface area contributed by atoms with Crippen LogP contribution in [0.4, 0.5) is 0 Å². The van der Waals surface area contributed by atoms with Crippen LogP contribution in [0, 0.1) is 0 Å². The number of halogens is 2. The number of aromatic nitrogens is 2. The maximum Gasteiger partial charge on any atom is 0.106 e. The molecule has 0 bridgehead atoms. The first-order valence-corrected chi connectivity index (χ1v) is 7.65. The number of hydrogen-bond acceptors (Lipinski definition) is 2. The summed E-state index contributed by atoms with van der Waals surface area (Å²) in [7, 11) is 0. The lowest BCUT2D eigenvalue weighted by atomic mass is 10.2. The lowest BCUT2D eigenvalue weighted by Crippen LogP contribution is -2.03. The van der Waals surface area contributed by atoms with Gasteiger partial charge in [-0.2, -0.15) is 0 Å². The summed E-state index contributed by atoms with van der Waals surface area (Å²) in [5, 5.41) is 2.46. The van der Waals surface area contributed by atoms with Gasteiger partial charge in [-0.3, -0.25) is 0 Å². The first kappa shape index (κ1) is 11.9. The largest absolute Gasteiger partial charge is 0.371 e. The number of ether oxygens (including phenoxy) is 1. The summed E-state index contributed by atoms with van der Waals surface area (Å²) >= 11 is 7.00. The zero-order chi connectivity index (χ0) is 13.0. The minimum absolute atomic E-state index is 0.353. The highest BCUT2D eigenvalue weighted by Crippen LogP contribution is 2.33. The first-order valence-electron chi connectivity index (χ1n) is 6.07.